The smallest absolute Gasteiger partial charge is 0.189 e. The summed E-state index contributed by atoms with van der Waals surface area (Å²) in [7, 11) is 0. The minimum atomic E-state index is 0.314. The number of aryl methyl sites for hydroxylation is 2. The van der Waals surface area contributed by atoms with Crippen LogP contribution in [0, 0.1) is 13.8 Å². The summed E-state index contributed by atoms with van der Waals surface area (Å²) in [5.74, 6) is 0.925. The Bertz CT molecular complexity index is 314. The van der Waals surface area contributed by atoms with Crippen molar-refractivity contribution in [2.45, 2.75) is 27.2 Å². The third-order valence-electron chi connectivity index (χ3n) is 2.44. The van der Waals surface area contributed by atoms with Crippen molar-refractivity contribution in [3.05, 3.63) is 28.8 Å². The lowest BCUT2D eigenvalue weighted by Gasteiger charge is -2.13. The van der Waals surface area contributed by atoms with Gasteiger partial charge in [0, 0.05) is 6.61 Å². The summed E-state index contributed by atoms with van der Waals surface area (Å²) in [4.78, 5) is 0. The first-order valence-electron chi connectivity index (χ1n) is 5.69. The summed E-state index contributed by atoms with van der Waals surface area (Å²) < 4.78 is 10.8. The Labute approximate surface area is 97.6 Å². The van der Waals surface area contributed by atoms with Crippen LogP contribution < -0.4 is 10.5 Å². The highest BCUT2D eigenvalue weighted by molar-refractivity contribution is 5.43. The molecule has 0 radical (unpaired) electrons. The molecule has 0 saturated carbocycles. The Hall–Kier alpha value is -1.06. The van der Waals surface area contributed by atoms with E-state index in [2.05, 4.69) is 12.1 Å². The van der Waals surface area contributed by atoms with Gasteiger partial charge >= 0.3 is 0 Å². The van der Waals surface area contributed by atoms with E-state index in [-0.39, 0.29) is 0 Å². The van der Waals surface area contributed by atoms with Crippen molar-refractivity contribution in [1.82, 2.24) is 0 Å². The summed E-state index contributed by atoms with van der Waals surface area (Å²) in [5, 5.41) is 0. The molecule has 90 valence electrons. The second-order valence-corrected chi connectivity index (χ2v) is 3.85. The zero-order valence-corrected chi connectivity index (χ0v) is 10.4. The fraction of sp³-hybridized carbons (Fsp3) is 0.538. The summed E-state index contributed by atoms with van der Waals surface area (Å²) in [6.45, 7) is 7.71. The molecule has 1 rings (SSSR count). The number of benzene rings is 1. The maximum atomic E-state index is 5.59. The Balaban J connectivity index is 2.77. The molecule has 0 spiro atoms. The monoisotopic (exact) mass is 223 g/mol. The third kappa shape index (κ3) is 3.51. The van der Waals surface area contributed by atoms with Gasteiger partial charge in [0.05, 0.1) is 0 Å². The van der Waals surface area contributed by atoms with E-state index in [1.54, 1.807) is 0 Å². The molecule has 0 aromatic heterocycles. The molecule has 0 saturated heterocycles. The lowest BCUT2D eigenvalue weighted by atomic mass is 10.0. The van der Waals surface area contributed by atoms with Gasteiger partial charge in [-0.2, -0.15) is 0 Å². The molecule has 0 aliphatic rings. The molecule has 0 heterocycles. The first-order valence-corrected chi connectivity index (χ1v) is 5.69. The molecule has 3 heteroatoms. The number of nitrogens with two attached hydrogens (primary N) is 1. The fourth-order valence-corrected chi connectivity index (χ4v) is 1.76. The van der Waals surface area contributed by atoms with Gasteiger partial charge in [0.2, 0.25) is 0 Å². The van der Waals surface area contributed by atoms with Crippen LogP contribution in [0.1, 0.15) is 23.6 Å². The van der Waals surface area contributed by atoms with Crippen LogP contribution in [0.4, 0.5) is 0 Å². The highest BCUT2D eigenvalue weighted by Gasteiger charge is 2.06. The predicted octanol–water partition coefficient (Wildman–Crippen LogP) is 2.18. The van der Waals surface area contributed by atoms with Crippen LogP contribution in [-0.2, 0) is 11.2 Å². The first-order chi connectivity index (χ1) is 7.69. The average molecular weight is 223 g/mol. The fourth-order valence-electron chi connectivity index (χ4n) is 1.76. The summed E-state index contributed by atoms with van der Waals surface area (Å²) >= 11 is 0. The molecule has 1 aromatic rings. The van der Waals surface area contributed by atoms with Crippen LogP contribution in [0.25, 0.3) is 0 Å². The van der Waals surface area contributed by atoms with Crippen molar-refractivity contribution in [3.8, 4) is 5.75 Å². The van der Waals surface area contributed by atoms with Crippen LogP contribution in [0.5, 0.6) is 5.75 Å². The SMILES string of the molecule is CCOCOc1c(C)cc(CCN)cc1C. The van der Waals surface area contributed by atoms with E-state index in [0.29, 0.717) is 19.9 Å². The van der Waals surface area contributed by atoms with Crippen molar-refractivity contribution in [2.24, 2.45) is 5.73 Å². The van der Waals surface area contributed by atoms with Gasteiger partial charge in [0.15, 0.2) is 6.79 Å². The average Bonchev–Trinajstić information content (AvgIpc) is 2.23. The Morgan fingerprint density at radius 3 is 2.31 bits per heavy atom. The van der Waals surface area contributed by atoms with E-state index in [1.165, 1.54) is 5.56 Å². The van der Waals surface area contributed by atoms with Crippen LogP contribution in [-0.4, -0.2) is 19.9 Å². The third-order valence-corrected chi connectivity index (χ3v) is 2.44. The Morgan fingerprint density at radius 2 is 1.81 bits per heavy atom. The van der Waals surface area contributed by atoms with Crippen LogP contribution >= 0.6 is 0 Å². The van der Waals surface area contributed by atoms with E-state index in [9.17, 15) is 0 Å². The molecular weight excluding hydrogens is 202 g/mol. The minimum Gasteiger partial charge on any atom is -0.467 e. The lowest BCUT2D eigenvalue weighted by molar-refractivity contribution is 0.0216. The van der Waals surface area contributed by atoms with Crippen molar-refractivity contribution >= 4 is 0 Å². The maximum Gasteiger partial charge on any atom is 0.189 e. The molecule has 3 nitrogen and oxygen atoms in total. The van der Waals surface area contributed by atoms with Crippen molar-refractivity contribution in [1.29, 1.82) is 0 Å². The highest BCUT2D eigenvalue weighted by Crippen LogP contribution is 2.24. The molecule has 1 aromatic carbocycles. The zero-order valence-electron chi connectivity index (χ0n) is 10.4. The molecule has 0 atom stereocenters. The largest absolute Gasteiger partial charge is 0.467 e. The maximum absolute atomic E-state index is 5.59. The van der Waals surface area contributed by atoms with E-state index < -0.39 is 0 Å². The van der Waals surface area contributed by atoms with E-state index >= 15 is 0 Å². The number of hydrogen-bond donors (Lipinski definition) is 1. The second-order valence-electron chi connectivity index (χ2n) is 3.85. The van der Waals surface area contributed by atoms with Crippen molar-refractivity contribution in [3.63, 3.8) is 0 Å². The van der Waals surface area contributed by atoms with Crippen molar-refractivity contribution < 1.29 is 9.47 Å². The van der Waals surface area contributed by atoms with Crippen LogP contribution in [0.2, 0.25) is 0 Å². The predicted molar refractivity (Wildman–Crippen MR) is 65.8 cm³/mol. The molecule has 0 amide bonds. The van der Waals surface area contributed by atoms with Gasteiger partial charge in [-0.1, -0.05) is 12.1 Å². The van der Waals surface area contributed by atoms with Gasteiger partial charge in [0.1, 0.15) is 5.75 Å². The molecule has 16 heavy (non-hydrogen) atoms. The molecule has 0 bridgehead atoms. The van der Waals surface area contributed by atoms with Gasteiger partial charge in [-0.05, 0) is 50.4 Å². The summed E-state index contributed by atoms with van der Waals surface area (Å²) in [6, 6.07) is 4.25. The van der Waals surface area contributed by atoms with Gasteiger partial charge < -0.3 is 15.2 Å². The first kappa shape index (κ1) is 13.0. The lowest BCUT2D eigenvalue weighted by Crippen LogP contribution is -2.06. The number of hydrogen-bond acceptors (Lipinski definition) is 3. The normalized spacial score (nSPS) is 10.5. The van der Waals surface area contributed by atoms with E-state index in [0.717, 1.165) is 23.3 Å². The standard InChI is InChI=1S/C13H21NO2/c1-4-15-9-16-13-10(2)7-12(5-6-14)8-11(13)3/h7-8H,4-6,9,14H2,1-3H3. The highest BCUT2D eigenvalue weighted by atomic mass is 16.7. The molecule has 0 aliphatic heterocycles. The topological polar surface area (TPSA) is 44.5 Å². The van der Waals surface area contributed by atoms with Gasteiger partial charge in [-0.25, -0.2) is 0 Å². The molecule has 2 N–H and O–H groups in total. The summed E-state index contributed by atoms with van der Waals surface area (Å²) in [6.07, 6.45) is 0.910. The molecule has 0 unspecified atom stereocenters. The second kappa shape index (κ2) is 6.51. The molecule has 0 aliphatic carbocycles. The Kier molecular flexibility index (Phi) is 5.29. The van der Waals surface area contributed by atoms with Gasteiger partial charge in [0.25, 0.3) is 0 Å². The number of ether oxygens (including phenoxy) is 2. The van der Waals surface area contributed by atoms with Gasteiger partial charge in [-0.3, -0.25) is 0 Å². The molecular formula is C13H21NO2. The van der Waals surface area contributed by atoms with E-state index in [4.69, 9.17) is 15.2 Å². The quantitative estimate of drug-likeness (QED) is 0.594. The van der Waals surface area contributed by atoms with E-state index in [1.807, 2.05) is 20.8 Å². The van der Waals surface area contributed by atoms with Crippen LogP contribution in [0.15, 0.2) is 12.1 Å². The van der Waals surface area contributed by atoms with Crippen LogP contribution in [0.3, 0.4) is 0 Å². The molecule has 0 fully saturated rings. The zero-order chi connectivity index (χ0) is 12.0. The summed E-state index contributed by atoms with van der Waals surface area (Å²) in [5.41, 5.74) is 9.09. The Morgan fingerprint density at radius 1 is 1.19 bits per heavy atom. The van der Waals surface area contributed by atoms with Crippen molar-refractivity contribution in [2.75, 3.05) is 19.9 Å². The van der Waals surface area contributed by atoms with Gasteiger partial charge in [-0.15, -0.1) is 0 Å². The number of rotatable bonds is 6. The minimum absolute atomic E-state index is 0.314.